The van der Waals surface area contributed by atoms with E-state index in [9.17, 15) is 14.9 Å². The summed E-state index contributed by atoms with van der Waals surface area (Å²) in [6.07, 6.45) is 2.69. The highest BCUT2D eigenvalue weighted by molar-refractivity contribution is 5.85. The fourth-order valence-electron chi connectivity index (χ4n) is 1.58. The molecule has 2 rings (SSSR count). The van der Waals surface area contributed by atoms with Gasteiger partial charge in [-0.1, -0.05) is 6.07 Å². The molecule has 104 valence electrons. The Labute approximate surface area is 113 Å². The molecule has 0 atom stereocenters. The Morgan fingerprint density at radius 3 is 2.85 bits per heavy atom. The van der Waals surface area contributed by atoms with Gasteiger partial charge in [-0.05, 0) is 11.6 Å². The molecule has 2 aromatic rings. The Morgan fingerprint density at radius 2 is 2.30 bits per heavy atom. The molecule has 9 nitrogen and oxygen atoms in total. The molecule has 9 heteroatoms. The molecule has 20 heavy (non-hydrogen) atoms. The van der Waals surface area contributed by atoms with Gasteiger partial charge in [0, 0.05) is 19.8 Å². The van der Waals surface area contributed by atoms with Crippen LogP contribution in [0.25, 0.3) is 0 Å². The minimum Gasteiger partial charge on any atom is -0.477 e. The Kier molecular flexibility index (Phi) is 3.60. The molecular formula is C11H11N5O4. The number of carboxylic acid groups (broad SMARTS) is 1. The minimum absolute atomic E-state index is 0.0578. The van der Waals surface area contributed by atoms with E-state index in [1.807, 2.05) is 0 Å². The number of aromatic carboxylic acids is 1. The molecule has 0 saturated heterocycles. The van der Waals surface area contributed by atoms with Crippen LogP contribution in [0.15, 0.2) is 24.5 Å². The SMILES string of the molecule is Cn1cc([N+](=O)[O-])c(NCc2ccc(C(=O)O)nc2)n1. The summed E-state index contributed by atoms with van der Waals surface area (Å²) in [6, 6.07) is 2.95. The summed E-state index contributed by atoms with van der Waals surface area (Å²) < 4.78 is 1.34. The number of hydrogen-bond acceptors (Lipinski definition) is 6. The fraction of sp³-hybridized carbons (Fsp3) is 0.182. The number of pyridine rings is 1. The van der Waals surface area contributed by atoms with Gasteiger partial charge in [0.05, 0.1) is 4.92 Å². The molecule has 0 fully saturated rings. The van der Waals surface area contributed by atoms with Gasteiger partial charge in [0.2, 0.25) is 5.82 Å². The van der Waals surface area contributed by atoms with E-state index in [1.165, 1.54) is 23.1 Å². The first-order valence-corrected chi connectivity index (χ1v) is 5.57. The summed E-state index contributed by atoms with van der Waals surface area (Å²) >= 11 is 0. The van der Waals surface area contributed by atoms with Crippen LogP contribution in [-0.4, -0.2) is 30.8 Å². The zero-order valence-corrected chi connectivity index (χ0v) is 10.5. The first-order valence-electron chi connectivity index (χ1n) is 5.57. The van der Waals surface area contributed by atoms with Crippen molar-refractivity contribution < 1.29 is 14.8 Å². The number of rotatable bonds is 5. The topological polar surface area (TPSA) is 123 Å². The van der Waals surface area contributed by atoms with Crippen molar-refractivity contribution in [3.63, 3.8) is 0 Å². The number of aryl methyl sites for hydroxylation is 1. The van der Waals surface area contributed by atoms with Crippen LogP contribution < -0.4 is 5.32 Å². The molecule has 0 unspecified atom stereocenters. The van der Waals surface area contributed by atoms with Crippen molar-refractivity contribution in [2.75, 3.05) is 5.32 Å². The molecule has 0 saturated carbocycles. The third-order valence-electron chi connectivity index (χ3n) is 2.51. The Balaban J connectivity index is 2.09. The van der Waals surface area contributed by atoms with E-state index in [0.29, 0.717) is 5.56 Å². The Morgan fingerprint density at radius 1 is 1.55 bits per heavy atom. The van der Waals surface area contributed by atoms with Gasteiger partial charge in [0.25, 0.3) is 0 Å². The second kappa shape index (κ2) is 5.34. The van der Waals surface area contributed by atoms with Gasteiger partial charge in [-0.3, -0.25) is 14.8 Å². The lowest BCUT2D eigenvalue weighted by atomic mass is 10.2. The van der Waals surface area contributed by atoms with Gasteiger partial charge >= 0.3 is 11.7 Å². The van der Waals surface area contributed by atoms with Crippen LogP contribution in [0.4, 0.5) is 11.5 Å². The number of nitrogens with one attached hydrogen (secondary N) is 1. The molecule has 0 bridgehead atoms. The predicted octanol–water partition coefficient (Wildman–Crippen LogP) is 1.03. The average molecular weight is 277 g/mol. The number of nitro groups is 1. The number of carboxylic acids is 1. The van der Waals surface area contributed by atoms with Gasteiger partial charge in [0.1, 0.15) is 11.9 Å². The first kappa shape index (κ1) is 13.5. The van der Waals surface area contributed by atoms with E-state index >= 15 is 0 Å². The second-order valence-corrected chi connectivity index (χ2v) is 4.00. The molecular weight excluding hydrogens is 266 g/mol. The van der Waals surface area contributed by atoms with E-state index in [1.54, 1.807) is 13.1 Å². The van der Waals surface area contributed by atoms with Crippen molar-refractivity contribution in [2.45, 2.75) is 6.54 Å². The van der Waals surface area contributed by atoms with Gasteiger partial charge in [-0.25, -0.2) is 9.78 Å². The first-order chi connectivity index (χ1) is 9.47. The summed E-state index contributed by atoms with van der Waals surface area (Å²) in [5.74, 6) is -0.954. The van der Waals surface area contributed by atoms with E-state index < -0.39 is 10.9 Å². The van der Waals surface area contributed by atoms with Crippen LogP contribution >= 0.6 is 0 Å². The van der Waals surface area contributed by atoms with Crippen molar-refractivity contribution in [3.8, 4) is 0 Å². The maximum Gasteiger partial charge on any atom is 0.354 e. The predicted molar refractivity (Wildman–Crippen MR) is 68.4 cm³/mol. The smallest absolute Gasteiger partial charge is 0.354 e. The Bertz CT molecular complexity index is 649. The molecule has 0 aliphatic rings. The monoisotopic (exact) mass is 277 g/mol. The van der Waals surface area contributed by atoms with Crippen molar-refractivity contribution in [1.29, 1.82) is 0 Å². The number of carbonyl (C=O) groups is 1. The van der Waals surface area contributed by atoms with E-state index in [4.69, 9.17) is 5.11 Å². The van der Waals surface area contributed by atoms with Crippen molar-refractivity contribution in [1.82, 2.24) is 14.8 Å². The molecule has 0 amide bonds. The minimum atomic E-state index is -1.11. The van der Waals surface area contributed by atoms with Crippen LogP contribution in [0, 0.1) is 10.1 Å². The molecule has 2 heterocycles. The molecule has 0 spiro atoms. The number of hydrogen-bond donors (Lipinski definition) is 2. The molecule has 0 radical (unpaired) electrons. The van der Waals surface area contributed by atoms with Crippen molar-refractivity contribution in [3.05, 3.63) is 45.9 Å². The molecule has 0 aliphatic heterocycles. The standard InChI is InChI=1S/C11H11N5O4/c1-15-6-9(16(19)20)10(14-15)13-5-7-2-3-8(11(17)18)12-4-7/h2-4,6H,5H2,1H3,(H,13,14)(H,17,18). The summed E-state index contributed by atoms with van der Waals surface area (Å²) in [4.78, 5) is 24.7. The van der Waals surface area contributed by atoms with Crippen LogP contribution in [0.3, 0.4) is 0 Å². The van der Waals surface area contributed by atoms with Gasteiger partial charge in [0.15, 0.2) is 0 Å². The third kappa shape index (κ3) is 2.88. The third-order valence-corrected chi connectivity index (χ3v) is 2.51. The number of anilines is 1. The highest BCUT2D eigenvalue weighted by atomic mass is 16.6. The highest BCUT2D eigenvalue weighted by Crippen LogP contribution is 2.21. The van der Waals surface area contributed by atoms with E-state index in [-0.39, 0.29) is 23.7 Å². The lowest BCUT2D eigenvalue weighted by molar-refractivity contribution is -0.384. The van der Waals surface area contributed by atoms with E-state index in [0.717, 1.165) is 0 Å². The number of nitrogens with zero attached hydrogens (tertiary/aromatic N) is 4. The van der Waals surface area contributed by atoms with Crippen molar-refractivity contribution in [2.24, 2.45) is 7.05 Å². The Hall–Kier alpha value is -2.97. The van der Waals surface area contributed by atoms with Crippen LogP contribution in [0.1, 0.15) is 16.1 Å². The number of aromatic nitrogens is 3. The summed E-state index contributed by atoms with van der Waals surface area (Å²) in [6.45, 7) is 0.255. The molecule has 2 N–H and O–H groups in total. The van der Waals surface area contributed by atoms with Gasteiger partial charge < -0.3 is 10.4 Å². The van der Waals surface area contributed by atoms with Crippen LogP contribution in [0.5, 0.6) is 0 Å². The molecule has 2 aromatic heterocycles. The maximum atomic E-state index is 10.8. The zero-order valence-electron chi connectivity index (χ0n) is 10.5. The van der Waals surface area contributed by atoms with Crippen LogP contribution in [0.2, 0.25) is 0 Å². The summed E-state index contributed by atoms with van der Waals surface area (Å²) in [5, 5.41) is 26.3. The van der Waals surface area contributed by atoms with Gasteiger partial charge in [-0.15, -0.1) is 5.10 Å². The highest BCUT2D eigenvalue weighted by Gasteiger charge is 2.17. The molecule has 0 aliphatic carbocycles. The quantitative estimate of drug-likeness (QED) is 0.618. The average Bonchev–Trinajstić information content (AvgIpc) is 2.78. The largest absolute Gasteiger partial charge is 0.477 e. The lowest BCUT2D eigenvalue weighted by Gasteiger charge is -2.03. The molecule has 0 aromatic carbocycles. The summed E-state index contributed by atoms with van der Waals surface area (Å²) in [7, 11) is 1.58. The normalized spacial score (nSPS) is 10.2. The maximum absolute atomic E-state index is 10.8. The zero-order chi connectivity index (χ0) is 14.7. The van der Waals surface area contributed by atoms with Gasteiger partial charge in [-0.2, -0.15) is 0 Å². The summed E-state index contributed by atoms with van der Waals surface area (Å²) in [5.41, 5.74) is 0.509. The fourth-order valence-corrected chi connectivity index (χ4v) is 1.58. The van der Waals surface area contributed by atoms with Crippen molar-refractivity contribution >= 4 is 17.5 Å². The van der Waals surface area contributed by atoms with E-state index in [2.05, 4.69) is 15.4 Å². The van der Waals surface area contributed by atoms with Crippen LogP contribution in [-0.2, 0) is 13.6 Å². The second-order valence-electron chi connectivity index (χ2n) is 4.00. The lowest BCUT2D eigenvalue weighted by Crippen LogP contribution is -2.05.